The summed E-state index contributed by atoms with van der Waals surface area (Å²) in [5.41, 5.74) is 4.12. The summed E-state index contributed by atoms with van der Waals surface area (Å²) in [6, 6.07) is 10.1. The van der Waals surface area contributed by atoms with Crippen LogP contribution in [0.5, 0.6) is 0 Å². The fourth-order valence-corrected chi connectivity index (χ4v) is 3.11. The Kier molecular flexibility index (Phi) is 3.08. The van der Waals surface area contributed by atoms with E-state index in [0.717, 1.165) is 22.0 Å². The number of aryl methyl sites for hydroxylation is 1. The summed E-state index contributed by atoms with van der Waals surface area (Å²) >= 11 is 1.64. The van der Waals surface area contributed by atoms with Crippen LogP contribution in [-0.4, -0.2) is 19.7 Å². The molecule has 0 aliphatic carbocycles. The highest BCUT2D eigenvalue weighted by molar-refractivity contribution is 7.22. The van der Waals surface area contributed by atoms with E-state index in [1.54, 1.807) is 29.9 Å². The summed E-state index contributed by atoms with van der Waals surface area (Å²) < 4.78 is 2.98. The molecule has 3 aromatic heterocycles. The zero-order valence-electron chi connectivity index (χ0n) is 11.9. The molecule has 0 saturated carbocycles. The van der Waals surface area contributed by atoms with Crippen molar-refractivity contribution in [1.29, 1.82) is 0 Å². The van der Waals surface area contributed by atoms with Crippen molar-refractivity contribution >= 4 is 32.4 Å². The summed E-state index contributed by atoms with van der Waals surface area (Å²) in [5.74, 6) is 0. The van der Waals surface area contributed by atoms with Crippen molar-refractivity contribution in [2.24, 2.45) is 0 Å². The number of pyridine rings is 1. The maximum Gasteiger partial charge on any atom is 0.188 e. The second kappa shape index (κ2) is 5.23. The Hall–Kier alpha value is -2.73. The lowest BCUT2D eigenvalue weighted by Crippen LogP contribution is -1.93. The Bertz CT molecular complexity index is 926. The van der Waals surface area contributed by atoms with Crippen molar-refractivity contribution in [3.63, 3.8) is 0 Å². The van der Waals surface area contributed by atoms with Gasteiger partial charge in [-0.25, -0.2) is 9.67 Å². The number of fused-ring (bicyclic) bond motifs is 1. The zero-order chi connectivity index (χ0) is 14.9. The lowest BCUT2D eigenvalue weighted by atomic mass is 10.2. The number of thiazole rings is 1. The average Bonchev–Trinajstić information content (AvgIpc) is 3.14. The molecule has 6 heteroatoms. The van der Waals surface area contributed by atoms with E-state index in [0.29, 0.717) is 0 Å². The SMILES string of the molecule is Cc1ccc2sc(Nc3cnn(-c4ccncc4)c3)nc2c1. The van der Waals surface area contributed by atoms with E-state index in [9.17, 15) is 0 Å². The smallest absolute Gasteiger partial charge is 0.188 e. The topological polar surface area (TPSA) is 55.6 Å². The molecule has 108 valence electrons. The Labute approximate surface area is 131 Å². The van der Waals surface area contributed by atoms with E-state index in [4.69, 9.17) is 0 Å². The van der Waals surface area contributed by atoms with Crippen molar-refractivity contribution in [3.8, 4) is 5.69 Å². The fraction of sp³-hybridized carbons (Fsp3) is 0.0625. The van der Waals surface area contributed by atoms with Crippen LogP contribution < -0.4 is 5.32 Å². The second-order valence-corrected chi connectivity index (χ2v) is 6.02. The average molecular weight is 307 g/mol. The molecule has 0 atom stereocenters. The van der Waals surface area contributed by atoms with Gasteiger partial charge in [0.05, 0.1) is 34.0 Å². The summed E-state index contributed by atoms with van der Waals surface area (Å²) in [7, 11) is 0. The lowest BCUT2D eigenvalue weighted by molar-refractivity contribution is 0.878. The molecule has 0 radical (unpaired) electrons. The molecule has 3 heterocycles. The number of hydrogen-bond acceptors (Lipinski definition) is 5. The van der Waals surface area contributed by atoms with E-state index in [1.807, 2.05) is 23.0 Å². The van der Waals surface area contributed by atoms with Crippen molar-refractivity contribution in [2.75, 3.05) is 5.32 Å². The van der Waals surface area contributed by atoms with Crippen LogP contribution >= 0.6 is 11.3 Å². The molecular formula is C16H13N5S. The molecule has 0 amide bonds. The van der Waals surface area contributed by atoms with Crippen LogP contribution in [0.15, 0.2) is 55.1 Å². The predicted octanol–water partition coefficient (Wildman–Crippen LogP) is 3.93. The maximum absolute atomic E-state index is 4.61. The van der Waals surface area contributed by atoms with Gasteiger partial charge in [-0.3, -0.25) is 4.98 Å². The molecule has 1 aromatic carbocycles. The minimum absolute atomic E-state index is 0.870. The number of nitrogens with one attached hydrogen (secondary N) is 1. The van der Waals surface area contributed by atoms with E-state index in [1.165, 1.54) is 10.3 Å². The van der Waals surface area contributed by atoms with Gasteiger partial charge in [-0.15, -0.1) is 0 Å². The first-order valence-electron chi connectivity index (χ1n) is 6.87. The van der Waals surface area contributed by atoms with Crippen molar-refractivity contribution in [1.82, 2.24) is 19.7 Å². The van der Waals surface area contributed by atoms with Gasteiger partial charge >= 0.3 is 0 Å². The van der Waals surface area contributed by atoms with Gasteiger partial charge in [0.1, 0.15) is 0 Å². The number of benzene rings is 1. The third-order valence-electron chi connectivity index (χ3n) is 3.30. The van der Waals surface area contributed by atoms with Crippen molar-refractivity contribution in [3.05, 3.63) is 60.7 Å². The standard InChI is InChI=1S/C16H13N5S/c1-11-2-3-15-14(8-11)20-16(22-15)19-12-9-18-21(10-12)13-4-6-17-7-5-13/h2-10H,1H3,(H,19,20). The fourth-order valence-electron chi connectivity index (χ4n) is 2.24. The molecule has 0 aliphatic heterocycles. The largest absolute Gasteiger partial charge is 0.329 e. The molecule has 1 N–H and O–H groups in total. The van der Waals surface area contributed by atoms with Crippen molar-refractivity contribution < 1.29 is 0 Å². The maximum atomic E-state index is 4.61. The molecule has 4 aromatic rings. The molecule has 22 heavy (non-hydrogen) atoms. The summed E-state index contributed by atoms with van der Waals surface area (Å²) in [4.78, 5) is 8.62. The van der Waals surface area contributed by atoms with Gasteiger partial charge in [-0.1, -0.05) is 17.4 Å². The van der Waals surface area contributed by atoms with E-state index in [-0.39, 0.29) is 0 Å². The van der Waals surface area contributed by atoms with Crippen LogP contribution in [0, 0.1) is 6.92 Å². The third-order valence-corrected chi connectivity index (χ3v) is 4.26. The van der Waals surface area contributed by atoms with Crippen LogP contribution in [0.25, 0.3) is 15.9 Å². The van der Waals surface area contributed by atoms with Crippen molar-refractivity contribution in [2.45, 2.75) is 6.92 Å². The normalized spacial score (nSPS) is 11.0. The predicted molar refractivity (Wildman–Crippen MR) is 89.0 cm³/mol. The van der Waals surface area contributed by atoms with Crippen LogP contribution in [0.3, 0.4) is 0 Å². The van der Waals surface area contributed by atoms with Gasteiger partial charge in [0.25, 0.3) is 0 Å². The Morgan fingerprint density at radius 3 is 2.86 bits per heavy atom. The highest BCUT2D eigenvalue weighted by Gasteiger charge is 2.06. The molecule has 0 saturated heterocycles. The van der Waals surface area contributed by atoms with Gasteiger partial charge < -0.3 is 5.32 Å². The second-order valence-electron chi connectivity index (χ2n) is 4.99. The van der Waals surface area contributed by atoms with E-state index in [2.05, 4.69) is 45.5 Å². The number of aromatic nitrogens is 4. The monoisotopic (exact) mass is 307 g/mol. The number of anilines is 2. The van der Waals surface area contributed by atoms with Gasteiger partial charge in [0.2, 0.25) is 0 Å². The number of hydrogen-bond donors (Lipinski definition) is 1. The minimum atomic E-state index is 0.870. The van der Waals surface area contributed by atoms with Gasteiger partial charge in [0, 0.05) is 12.4 Å². The van der Waals surface area contributed by atoms with Gasteiger partial charge in [-0.2, -0.15) is 5.10 Å². The molecule has 4 rings (SSSR count). The lowest BCUT2D eigenvalue weighted by Gasteiger charge is -1.99. The summed E-state index contributed by atoms with van der Waals surface area (Å²) in [6.07, 6.45) is 7.23. The Morgan fingerprint density at radius 1 is 1.14 bits per heavy atom. The Morgan fingerprint density at radius 2 is 2.00 bits per heavy atom. The molecule has 0 bridgehead atoms. The Balaban J connectivity index is 1.61. The van der Waals surface area contributed by atoms with E-state index >= 15 is 0 Å². The summed E-state index contributed by atoms with van der Waals surface area (Å²) in [5, 5.41) is 8.54. The molecule has 0 spiro atoms. The first kappa shape index (κ1) is 13.0. The van der Waals surface area contributed by atoms with Crippen LogP contribution in [-0.2, 0) is 0 Å². The van der Waals surface area contributed by atoms with Gasteiger partial charge in [-0.05, 0) is 36.8 Å². The van der Waals surface area contributed by atoms with Crippen LogP contribution in [0.1, 0.15) is 5.56 Å². The number of rotatable bonds is 3. The highest BCUT2D eigenvalue weighted by atomic mass is 32.1. The third kappa shape index (κ3) is 2.44. The van der Waals surface area contributed by atoms with Crippen LogP contribution in [0.2, 0.25) is 0 Å². The molecule has 5 nitrogen and oxygen atoms in total. The minimum Gasteiger partial charge on any atom is -0.329 e. The molecule has 0 fully saturated rings. The first-order chi connectivity index (χ1) is 10.8. The first-order valence-corrected chi connectivity index (χ1v) is 7.69. The quantitative estimate of drug-likeness (QED) is 0.623. The molecule has 0 aliphatic rings. The summed E-state index contributed by atoms with van der Waals surface area (Å²) in [6.45, 7) is 2.07. The van der Waals surface area contributed by atoms with Crippen LogP contribution in [0.4, 0.5) is 10.8 Å². The number of nitrogens with zero attached hydrogens (tertiary/aromatic N) is 4. The van der Waals surface area contributed by atoms with Gasteiger partial charge in [0.15, 0.2) is 5.13 Å². The molecule has 0 unspecified atom stereocenters. The van der Waals surface area contributed by atoms with E-state index < -0.39 is 0 Å². The zero-order valence-corrected chi connectivity index (χ0v) is 12.7. The molecular weight excluding hydrogens is 294 g/mol. The highest BCUT2D eigenvalue weighted by Crippen LogP contribution is 2.28.